The summed E-state index contributed by atoms with van der Waals surface area (Å²) in [6, 6.07) is 4.55. The quantitative estimate of drug-likeness (QED) is 0.207. The van der Waals surface area contributed by atoms with Crippen molar-refractivity contribution in [3.63, 3.8) is 0 Å². The highest BCUT2D eigenvalue weighted by Crippen LogP contribution is 2.53. The Bertz CT molecular complexity index is 676. The summed E-state index contributed by atoms with van der Waals surface area (Å²) in [5, 5.41) is 3.29. The van der Waals surface area contributed by atoms with Crippen molar-refractivity contribution in [2.75, 3.05) is 11.9 Å². The van der Waals surface area contributed by atoms with Crippen molar-refractivity contribution < 1.29 is 18.3 Å². The number of hydrogen-bond donors (Lipinski definition) is 1. The number of carbonyl (C=O) groups is 1. The molecule has 0 aliphatic carbocycles. The lowest BCUT2D eigenvalue weighted by Gasteiger charge is -2.48. The normalized spacial score (nSPS) is 22.3. The highest BCUT2D eigenvalue weighted by atomic mass is 127. The van der Waals surface area contributed by atoms with Crippen molar-refractivity contribution in [1.82, 2.24) is 0 Å². The summed E-state index contributed by atoms with van der Waals surface area (Å²) in [5.74, 6) is -0.753. The van der Waals surface area contributed by atoms with Crippen molar-refractivity contribution in [3.05, 3.63) is 29.6 Å². The van der Waals surface area contributed by atoms with Gasteiger partial charge in [0.15, 0.2) is 0 Å². The molecule has 0 fully saturated rings. The van der Waals surface area contributed by atoms with Gasteiger partial charge in [-0.05, 0) is 47.3 Å². The van der Waals surface area contributed by atoms with Gasteiger partial charge in [0.1, 0.15) is 5.82 Å². The maximum Gasteiger partial charge on any atom is 0.360 e. The second-order valence-corrected chi connectivity index (χ2v) is 14.7. The highest BCUT2D eigenvalue weighted by Gasteiger charge is 2.60. The van der Waals surface area contributed by atoms with Crippen molar-refractivity contribution in [3.8, 4) is 0 Å². The molecule has 152 valence electrons. The Labute approximate surface area is 176 Å². The van der Waals surface area contributed by atoms with Gasteiger partial charge in [-0.2, -0.15) is 0 Å². The minimum Gasteiger partial charge on any atom is -0.462 e. The molecule has 0 bridgehead atoms. The van der Waals surface area contributed by atoms with Gasteiger partial charge in [-0.1, -0.05) is 64.1 Å². The van der Waals surface area contributed by atoms with Gasteiger partial charge < -0.3 is 14.5 Å². The summed E-state index contributed by atoms with van der Waals surface area (Å²) in [5.41, 5.74) is 1.03. The van der Waals surface area contributed by atoms with Crippen molar-refractivity contribution in [2.24, 2.45) is 0 Å². The number of rotatable bonds is 7. The van der Waals surface area contributed by atoms with Crippen LogP contribution in [-0.2, 0) is 14.0 Å². The number of anilines is 1. The number of hydrogen-bond acceptors (Lipinski definition) is 4. The van der Waals surface area contributed by atoms with Gasteiger partial charge in [0.25, 0.3) is 0 Å². The third kappa shape index (κ3) is 3.79. The average molecular weight is 507 g/mol. The fraction of sp³-hybridized carbons (Fsp3) is 0.650. The Balaban J connectivity index is 2.61. The third-order valence-corrected chi connectivity index (χ3v) is 13.2. The van der Waals surface area contributed by atoms with E-state index >= 15 is 0 Å². The van der Waals surface area contributed by atoms with E-state index in [2.05, 4.69) is 69.5 Å². The summed E-state index contributed by atoms with van der Waals surface area (Å²) >= 11 is 2.19. The number of benzene rings is 1. The van der Waals surface area contributed by atoms with Crippen LogP contribution in [0.4, 0.5) is 10.1 Å². The van der Waals surface area contributed by atoms with Gasteiger partial charge in [0.2, 0.25) is 14.0 Å². The molecule has 1 N–H and O–H groups in total. The standard InChI is InChI=1S/C20H31FINO3Si/c1-8-25-19(24)20(26-27(12(2)3,13(4)5)14(6)7)18(22)16-11-15(21)9-10-17(16)23-20/h9-14,18,23H,8H2,1-7H3. The number of nitrogens with one attached hydrogen (secondary N) is 1. The molecule has 0 amide bonds. The second kappa shape index (κ2) is 8.37. The summed E-state index contributed by atoms with van der Waals surface area (Å²) in [6.45, 7) is 15.1. The monoisotopic (exact) mass is 507 g/mol. The van der Waals surface area contributed by atoms with E-state index in [1.807, 2.05) is 0 Å². The second-order valence-electron chi connectivity index (χ2n) is 8.09. The Morgan fingerprint density at radius 3 is 2.26 bits per heavy atom. The lowest BCUT2D eigenvalue weighted by Crippen LogP contribution is -2.61. The molecular formula is C20H31FINO3Si. The zero-order chi connectivity index (χ0) is 20.6. The van der Waals surface area contributed by atoms with Crippen molar-refractivity contribution in [2.45, 2.75) is 74.7 Å². The van der Waals surface area contributed by atoms with E-state index < -0.39 is 20.0 Å². The van der Waals surface area contributed by atoms with Gasteiger partial charge >= 0.3 is 5.97 Å². The molecule has 1 heterocycles. The maximum atomic E-state index is 13.9. The van der Waals surface area contributed by atoms with Gasteiger partial charge in [-0.25, -0.2) is 9.18 Å². The zero-order valence-electron chi connectivity index (χ0n) is 17.2. The van der Waals surface area contributed by atoms with Crippen LogP contribution in [0, 0.1) is 5.82 Å². The van der Waals surface area contributed by atoms with E-state index in [1.54, 1.807) is 13.0 Å². The molecule has 2 unspecified atom stereocenters. The minimum atomic E-state index is -2.41. The van der Waals surface area contributed by atoms with Crippen LogP contribution in [0.2, 0.25) is 16.6 Å². The van der Waals surface area contributed by atoms with Crippen molar-refractivity contribution >= 4 is 42.6 Å². The van der Waals surface area contributed by atoms with Crippen LogP contribution in [0.3, 0.4) is 0 Å². The molecular weight excluding hydrogens is 476 g/mol. The lowest BCUT2D eigenvalue weighted by atomic mass is 10.1. The number of halogens is 2. The summed E-state index contributed by atoms with van der Waals surface area (Å²) in [4.78, 5) is 13.2. The smallest absolute Gasteiger partial charge is 0.360 e. The van der Waals surface area contributed by atoms with Crippen LogP contribution < -0.4 is 5.32 Å². The van der Waals surface area contributed by atoms with E-state index in [0.717, 1.165) is 11.3 Å². The molecule has 2 atom stereocenters. The Hall–Kier alpha value is -0.673. The van der Waals surface area contributed by atoms with E-state index in [4.69, 9.17) is 9.16 Å². The van der Waals surface area contributed by atoms with E-state index in [0.29, 0.717) is 16.6 Å². The number of ether oxygens (including phenoxy) is 1. The van der Waals surface area contributed by atoms with Gasteiger partial charge in [-0.15, -0.1) is 0 Å². The van der Waals surface area contributed by atoms with Gasteiger partial charge in [0.05, 0.1) is 10.5 Å². The van der Waals surface area contributed by atoms with Crippen LogP contribution in [0.15, 0.2) is 18.2 Å². The molecule has 0 saturated heterocycles. The molecule has 0 spiro atoms. The van der Waals surface area contributed by atoms with Crippen LogP contribution >= 0.6 is 22.6 Å². The molecule has 27 heavy (non-hydrogen) atoms. The summed E-state index contributed by atoms with van der Waals surface area (Å²) < 4.78 is 25.9. The molecule has 1 aromatic rings. The topological polar surface area (TPSA) is 47.6 Å². The van der Waals surface area contributed by atoms with Gasteiger partial charge in [0, 0.05) is 5.69 Å². The highest BCUT2D eigenvalue weighted by molar-refractivity contribution is 14.1. The largest absolute Gasteiger partial charge is 0.462 e. The number of fused-ring (bicyclic) bond motifs is 1. The van der Waals surface area contributed by atoms with Crippen LogP contribution in [-0.4, -0.2) is 26.6 Å². The third-order valence-electron chi connectivity index (χ3n) is 5.59. The SMILES string of the molecule is CCOC(=O)C1(O[Si](C(C)C)(C(C)C)C(C)C)Nc2ccc(F)cc2C1I. The fourth-order valence-corrected chi connectivity index (χ4v) is 11.3. The first-order valence-electron chi connectivity index (χ1n) is 9.61. The van der Waals surface area contributed by atoms with E-state index in [-0.39, 0.29) is 16.3 Å². The molecule has 1 aliphatic heterocycles. The average Bonchev–Trinajstić information content (AvgIpc) is 2.85. The summed E-state index contributed by atoms with van der Waals surface area (Å²) in [7, 11) is -2.41. The van der Waals surface area contributed by atoms with Crippen molar-refractivity contribution in [1.29, 1.82) is 0 Å². The zero-order valence-corrected chi connectivity index (χ0v) is 20.4. The molecule has 0 radical (unpaired) electrons. The van der Waals surface area contributed by atoms with E-state index in [9.17, 15) is 9.18 Å². The first-order valence-corrected chi connectivity index (χ1v) is 13.0. The molecule has 1 aromatic carbocycles. The Morgan fingerprint density at radius 1 is 1.22 bits per heavy atom. The van der Waals surface area contributed by atoms with Crippen LogP contribution in [0.25, 0.3) is 0 Å². The van der Waals surface area contributed by atoms with E-state index in [1.165, 1.54) is 12.1 Å². The molecule has 0 aromatic heterocycles. The number of alkyl halides is 1. The predicted molar refractivity (Wildman–Crippen MR) is 118 cm³/mol. The van der Waals surface area contributed by atoms with Crippen LogP contribution in [0.5, 0.6) is 0 Å². The predicted octanol–water partition coefficient (Wildman–Crippen LogP) is 6.18. The molecule has 4 nitrogen and oxygen atoms in total. The first kappa shape index (κ1) is 22.6. The number of esters is 1. The molecule has 1 aliphatic rings. The molecule has 7 heteroatoms. The Kier molecular flexibility index (Phi) is 7.01. The van der Waals surface area contributed by atoms with Crippen LogP contribution in [0.1, 0.15) is 58.0 Å². The fourth-order valence-electron chi connectivity index (χ4n) is 4.48. The van der Waals surface area contributed by atoms with Gasteiger partial charge in [-0.3, -0.25) is 0 Å². The molecule has 0 saturated carbocycles. The lowest BCUT2D eigenvalue weighted by molar-refractivity contribution is -0.159. The summed E-state index contributed by atoms with van der Waals surface area (Å²) in [6.07, 6.45) is 0. The first-order chi connectivity index (χ1) is 12.5. The molecule has 2 rings (SSSR count). The minimum absolute atomic E-state index is 0.263. The number of carbonyl (C=O) groups excluding carboxylic acids is 1. The maximum absolute atomic E-state index is 13.9. The Morgan fingerprint density at radius 2 is 1.78 bits per heavy atom.